The van der Waals surface area contributed by atoms with E-state index >= 15 is 0 Å². The van der Waals surface area contributed by atoms with Gasteiger partial charge in [-0.2, -0.15) is 0 Å². The number of halogens is 1. The van der Waals surface area contributed by atoms with Gasteiger partial charge in [-0.05, 0) is 24.6 Å². The van der Waals surface area contributed by atoms with Gasteiger partial charge in [0.2, 0.25) is 5.91 Å². The second-order valence-corrected chi connectivity index (χ2v) is 6.29. The van der Waals surface area contributed by atoms with E-state index in [9.17, 15) is 9.00 Å². The van der Waals surface area contributed by atoms with Crippen molar-refractivity contribution in [3.05, 3.63) is 23.2 Å². The van der Waals surface area contributed by atoms with Crippen molar-refractivity contribution in [2.24, 2.45) is 0 Å². The SMILES string of the molecule is CCC(C)S(=O)CC(=O)Nc1ccc(Cl)c(N)c1. The molecule has 0 spiro atoms. The lowest BCUT2D eigenvalue weighted by atomic mass is 10.3. The Hall–Kier alpha value is -1.07. The van der Waals surface area contributed by atoms with E-state index in [1.165, 1.54) is 0 Å². The molecule has 0 aliphatic heterocycles. The summed E-state index contributed by atoms with van der Waals surface area (Å²) in [5, 5.41) is 3.11. The van der Waals surface area contributed by atoms with E-state index in [1.807, 2.05) is 13.8 Å². The molecular formula is C12H17ClN2O2S. The standard InChI is InChI=1S/C12H17ClN2O2S/c1-3-8(2)18(17)7-12(16)15-9-4-5-10(13)11(14)6-9/h4-6,8H,3,7,14H2,1-2H3,(H,15,16). The average Bonchev–Trinajstić information content (AvgIpc) is 2.32. The number of carbonyl (C=O) groups is 1. The van der Waals surface area contributed by atoms with Crippen LogP contribution in [0.15, 0.2) is 18.2 Å². The van der Waals surface area contributed by atoms with Gasteiger partial charge in [0, 0.05) is 21.7 Å². The van der Waals surface area contributed by atoms with Crippen molar-refractivity contribution in [3.63, 3.8) is 0 Å². The summed E-state index contributed by atoms with van der Waals surface area (Å²) in [4.78, 5) is 11.7. The van der Waals surface area contributed by atoms with Gasteiger partial charge >= 0.3 is 0 Å². The Morgan fingerprint density at radius 2 is 2.22 bits per heavy atom. The fourth-order valence-corrected chi connectivity index (χ4v) is 2.38. The number of nitrogens with two attached hydrogens (primary N) is 1. The molecule has 6 heteroatoms. The molecule has 1 rings (SSSR count). The van der Waals surface area contributed by atoms with Crippen LogP contribution < -0.4 is 11.1 Å². The van der Waals surface area contributed by atoms with Crippen LogP contribution in [0.5, 0.6) is 0 Å². The minimum absolute atomic E-state index is 0.00244. The van der Waals surface area contributed by atoms with Crippen molar-refractivity contribution in [3.8, 4) is 0 Å². The number of carbonyl (C=O) groups excluding carboxylic acids is 1. The minimum Gasteiger partial charge on any atom is -0.397 e. The zero-order valence-corrected chi connectivity index (χ0v) is 12.0. The third kappa shape index (κ3) is 4.31. The van der Waals surface area contributed by atoms with Crippen molar-refractivity contribution in [1.29, 1.82) is 0 Å². The highest BCUT2D eigenvalue weighted by Crippen LogP contribution is 2.22. The highest BCUT2D eigenvalue weighted by Gasteiger charge is 2.13. The third-order valence-electron chi connectivity index (χ3n) is 2.58. The molecule has 3 N–H and O–H groups in total. The van der Waals surface area contributed by atoms with Crippen LogP contribution in [-0.4, -0.2) is 21.1 Å². The van der Waals surface area contributed by atoms with E-state index in [1.54, 1.807) is 18.2 Å². The summed E-state index contributed by atoms with van der Waals surface area (Å²) < 4.78 is 11.7. The molecule has 0 bridgehead atoms. The number of rotatable bonds is 5. The molecule has 2 atom stereocenters. The first-order chi connectivity index (χ1) is 8.43. The maximum absolute atomic E-state index is 11.7. The fraction of sp³-hybridized carbons (Fsp3) is 0.417. The highest BCUT2D eigenvalue weighted by molar-refractivity contribution is 7.86. The maximum atomic E-state index is 11.7. The summed E-state index contributed by atoms with van der Waals surface area (Å²) >= 11 is 5.78. The smallest absolute Gasteiger partial charge is 0.237 e. The minimum atomic E-state index is -1.15. The number of hydrogen-bond donors (Lipinski definition) is 2. The van der Waals surface area contributed by atoms with E-state index in [0.717, 1.165) is 6.42 Å². The first kappa shape index (κ1) is 15.0. The quantitative estimate of drug-likeness (QED) is 0.817. The Morgan fingerprint density at radius 3 is 2.78 bits per heavy atom. The molecule has 4 nitrogen and oxygen atoms in total. The van der Waals surface area contributed by atoms with Crippen LogP contribution in [0.1, 0.15) is 20.3 Å². The number of benzene rings is 1. The first-order valence-corrected chi connectivity index (χ1v) is 7.42. The van der Waals surface area contributed by atoms with Gasteiger partial charge in [0.25, 0.3) is 0 Å². The molecule has 0 fully saturated rings. The van der Waals surface area contributed by atoms with Gasteiger partial charge in [0.15, 0.2) is 0 Å². The number of nitrogen functional groups attached to an aromatic ring is 1. The Labute approximate surface area is 114 Å². The van der Waals surface area contributed by atoms with Gasteiger partial charge in [0.1, 0.15) is 5.75 Å². The zero-order valence-electron chi connectivity index (χ0n) is 10.4. The molecule has 2 unspecified atom stereocenters. The van der Waals surface area contributed by atoms with Gasteiger partial charge in [-0.15, -0.1) is 0 Å². The molecule has 0 radical (unpaired) electrons. The van der Waals surface area contributed by atoms with Crippen molar-refractivity contribution < 1.29 is 9.00 Å². The second-order valence-electron chi connectivity index (χ2n) is 4.03. The van der Waals surface area contributed by atoms with E-state index in [4.69, 9.17) is 17.3 Å². The number of anilines is 2. The van der Waals surface area contributed by atoms with Gasteiger partial charge < -0.3 is 11.1 Å². The normalized spacial score (nSPS) is 13.9. The molecule has 0 aliphatic carbocycles. The molecule has 18 heavy (non-hydrogen) atoms. The third-order valence-corrected chi connectivity index (χ3v) is 4.70. The summed E-state index contributed by atoms with van der Waals surface area (Å²) in [5.74, 6) is -0.285. The molecule has 0 saturated heterocycles. The Bertz CT molecular complexity index is 465. The lowest BCUT2D eigenvalue weighted by Gasteiger charge is -2.09. The number of amides is 1. The van der Waals surface area contributed by atoms with E-state index < -0.39 is 10.8 Å². The largest absolute Gasteiger partial charge is 0.397 e. The summed E-state index contributed by atoms with van der Waals surface area (Å²) in [7, 11) is -1.15. The molecule has 0 heterocycles. The van der Waals surface area contributed by atoms with Gasteiger partial charge in [0.05, 0.1) is 10.7 Å². The van der Waals surface area contributed by atoms with E-state index in [0.29, 0.717) is 16.4 Å². The van der Waals surface area contributed by atoms with Crippen LogP contribution >= 0.6 is 11.6 Å². The molecule has 0 aliphatic rings. The van der Waals surface area contributed by atoms with Crippen LogP contribution in [0.4, 0.5) is 11.4 Å². The molecule has 1 amide bonds. The van der Waals surface area contributed by atoms with Crippen molar-refractivity contribution in [2.45, 2.75) is 25.5 Å². The van der Waals surface area contributed by atoms with Crippen LogP contribution in [0.2, 0.25) is 5.02 Å². The Morgan fingerprint density at radius 1 is 1.56 bits per heavy atom. The fourth-order valence-electron chi connectivity index (χ4n) is 1.28. The van der Waals surface area contributed by atoms with E-state index in [-0.39, 0.29) is 16.9 Å². The number of hydrogen-bond acceptors (Lipinski definition) is 3. The molecule has 1 aromatic carbocycles. The van der Waals surface area contributed by atoms with Crippen molar-refractivity contribution >= 4 is 39.7 Å². The number of nitrogens with one attached hydrogen (secondary N) is 1. The predicted octanol–water partition coefficient (Wildman–Crippen LogP) is 2.41. The molecular weight excluding hydrogens is 272 g/mol. The van der Waals surface area contributed by atoms with Crippen LogP contribution in [-0.2, 0) is 15.6 Å². The van der Waals surface area contributed by atoms with Crippen molar-refractivity contribution in [1.82, 2.24) is 0 Å². The average molecular weight is 289 g/mol. The lowest BCUT2D eigenvalue weighted by molar-refractivity contribution is -0.113. The van der Waals surface area contributed by atoms with Crippen molar-refractivity contribution in [2.75, 3.05) is 16.8 Å². The van der Waals surface area contributed by atoms with Gasteiger partial charge in [-0.1, -0.05) is 25.4 Å². The van der Waals surface area contributed by atoms with Crippen LogP contribution in [0.3, 0.4) is 0 Å². The molecule has 100 valence electrons. The molecule has 0 saturated carbocycles. The topological polar surface area (TPSA) is 72.2 Å². The monoisotopic (exact) mass is 288 g/mol. The van der Waals surface area contributed by atoms with Crippen LogP contribution in [0, 0.1) is 0 Å². The zero-order chi connectivity index (χ0) is 13.7. The molecule has 1 aromatic rings. The molecule has 0 aromatic heterocycles. The van der Waals surface area contributed by atoms with Gasteiger partial charge in [-0.25, -0.2) is 0 Å². The summed E-state index contributed by atoms with van der Waals surface area (Å²) in [5.41, 5.74) is 6.58. The Balaban J connectivity index is 2.59. The van der Waals surface area contributed by atoms with E-state index in [2.05, 4.69) is 5.32 Å². The highest BCUT2D eigenvalue weighted by atomic mass is 35.5. The summed E-state index contributed by atoms with van der Waals surface area (Å²) in [6.07, 6.45) is 0.786. The predicted molar refractivity (Wildman–Crippen MR) is 77.3 cm³/mol. The maximum Gasteiger partial charge on any atom is 0.237 e. The van der Waals surface area contributed by atoms with Gasteiger partial charge in [-0.3, -0.25) is 9.00 Å². The summed E-state index contributed by atoms with van der Waals surface area (Å²) in [6, 6.07) is 4.84. The summed E-state index contributed by atoms with van der Waals surface area (Å²) in [6.45, 7) is 3.81. The second kappa shape index (κ2) is 6.75. The van der Waals surface area contributed by atoms with Crippen LogP contribution in [0.25, 0.3) is 0 Å². The first-order valence-electron chi connectivity index (χ1n) is 5.66. The lowest BCUT2D eigenvalue weighted by Crippen LogP contribution is -2.24. The Kier molecular flexibility index (Phi) is 5.62.